The van der Waals surface area contributed by atoms with Gasteiger partial charge in [0.1, 0.15) is 24.2 Å². The van der Waals surface area contributed by atoms with Gasteiger partial charge in [0, 0.05) is 12.4 Å². The summed E-state index contributed by atoms with van der Waals surface area (Å²) in [5, 5.41) is 6.23. The first kappa shape index (κ1) is 22.1. The number of nitrogens with one attached hydrogen (secondary N) is 3. The van der Waals surface area contributed by atoms with Crippen LogP contribution in [0.3, 0.4) is 0 Å². The molecule has 34 heavy (non-hydrogen) atoms. The molecule has 3 aliphatic heterocycles. The maximum Gasteiger partial charge on any atom is 0.340 e. The Kier molecular flexibility index (Phi) is 5.76. The minimum absolute atomic E-state index is 0.00554. The number of anilines is 1. The number of methoxy groups -OCH3 is 2. The summed E-state index contributed by atoms with van der Waals surface area (Å²) in [5.74, 6) is 1.06. The maximum atomic E-state index is 13.0. The predicted molar refractivity (Wildman–Crippen MR) is 125 cm³/mol. The number of amides is 3. The Balaban J connectivity index is 1.25. The highest BCUT2D eigenvalue weighted by atomic mass is 16.5. The molecule has 10 nitrogen and oxygen atoms in total. The highest BCUT2D eigenvalue weighted by molar-refractivity contribution is 5.96. The van der Waals surface area contributed by atoms with Crippen molar-refractivity contribution in [3.63, 3.8) is 0 Å². The van der Waals surface area contributed by atoms with Crippen LogP contribution in [0.5, 0.6) is 11.5 Å². The van der Waals surface area contributed by atoms with Crippen LogP contribution in [-0.4, -0.2) is 59.8 Å². The molecule has 0 spiro atoms. The van der Waals surface area contributed by atoms with E-state index in [4.69, 9.17) is 9.47 Å². The summed E-state index contributed by atoms with van der Waals surface area (Å²) in [6.07, 6.45) is 4.11. The van der Waals surface area contributed by atoms with Crippen LogP contribution < -0.4 is 25.6 Å². The van der Waals surface area contributed by atoms with Crippen molar-refractivity contribution in [3.8, 4) is 11.5 Å². The first-order valence-electron chi connectivity index (χ1n) is 11.1. The van der Waals surface area contributed by atoms with Crippen LogP contribution >= 0.6 is 0 Å². The lowest BCUT2D eigenvalue weighted by atomic mass is 10.00. The van der Waals surface area contributed by atoms with Gasteiger partial charge in [0.05, 0.1) is 32.0 Å². The smallest absolute Gasteiger partial charge is 0.340 e. The minimum Gasteiger partial charge on any atom is -0.497 e. The second-order valence-corrected chi connectivity index (χ2v) is 8.57. The van der Waals surface area contributed by atoms with Gasteiger partial charge < -0.3 is 19.8 Å². The van der Waals surface area contributed by atoms with Gasteiger partial charge in [0.15, 0.2) is 0 Å². The van der Waals surface area contributed by atoms with Crippen molar-refractivity contribution in [3.05, 3.63) is 66.0 Å². The van der Waals surface area contributed by atoms with Gasteiger partial charge in [-0.1, -0.05) is 18.2 Å². The number of benzene rings is 2. The third-order valence-electron chi connectivity index (χ3n) is 6.38. The largest absolute Gasteiger partial charge is 0.497 e. The molecule has 10 heteroatoms. The molecule has 0 aromatic heterocycles. The summed E-state index contributed by atoms with van der Waals surface area (Å²) in [6, 6.07) is 13.4. The third kappa shape index (κ3) is 4.02. The Morgan fingerprint density at radius 2 is 1.88 bits per heavy atom. The molecule has 0 bridgehead atoms. The summed E-state index contributed by atoms with van der Waals surface area (Å²) in [5.41, 5.74) is 9.43. The van der Waals surface area contributed by atoms with Gasteiger partial charge in [-0.15, -0.1) is 0 Å². The van der Waals surface area contributed by atoms with Crippen LogP contribution in [-0.2, 0) is 4.79 Å². The number of carbonyl (C=O) groups is 2. The van der Waals surface area contributed by atoms with Gasteiger partial charge in [0.25, 0.3) is 0 Å². The number of rotatable bonds is 6. The average Bonchev–Trinajstić information content (AvgIpc) is 3.41. The Bertz CT molecular complexity index is 1120. The van der Waals surface area contributed by atoms with Crippen LogP contribution in [0.4, 0.5) is 10.5 Å². The third-order valence-corrected chi connectivity index (χ3v) is 6.38. The standard InChI is InChI=1S/C24H28N6O4/c1-15-4-9-21(34-3)19(12-15)25-22(31)14-30-24(32)28-10-11-29-20(23(28)27-30)13-18(26-29)16-5-7-17(33-2)8-6-16/h4-12,18,20,23,26-27H,13-14H2,1-3H3,(H,25,31). The SMILES string of the molecule is COc1ccc(C2CC3C4NN(CC(=O)Nc5cc(C)ccc5OC)C(=O)N4C=CN3N2)cc1. The second-order valence-electron chi connectivity index (χ2n) is 8.57. The zero-order chi connectivity index (χ0) is 23.8. The summed E-state index contributed by atoms with van der Waals surface area (Å²) in [6.45, 7) is 1.81. The zero-order valence-electron chi connectivity index (χ0n) is 19.3. The van der Waals surface area contributed by atoms with Crippen LogP contribution in [0.25, 0.3) is 0 Å². The van der Waals surface area contributed by atoms with Crippen molar-refractivity contribution < 1.29 is 19.1 Å². The number of hydrogen-bond acceptors (Lipinski definition) is 7. The van der Waals surface area contributed by atoms with E-state index in [2.05, 4.69) is 16.2 Å². The fraction of sp³-hybridized carbons (Fsp3) is 0.333. The van der Waals surface area contributed by atoms with Gasteiger partial charge in [-0.25, -0.2) is 20.7 Å². The monoisotopic (exact) mass is 464 g/mol. The van der Waals surface area contributed by atoms with Crippen molar-refractivity contribution in [2.24, 2.45) is 0 Å². The van der Waals surface area contributed by atoms with Crippen molar-refractivity contribution in [1.29, 1.82) is 0 Å². The van der Waals surface area contributed by atoms with E-state index in [1.54, 1.807) is 31.4 Å². The fourth-order valence-corrected chi connectivity index (χ4v) is 4.64. The van der Waals surface area contributed by atoms with Crippen LogP contribution in [0.15, 0.2) is 54.9 Å². The molecule has 5 rings (SSSR count). The van der Waals surface area contributed by atoms with E-state index in [-0.39, 0.29) is 36.7 Å². The van der Waals surface area contributed by atoms with Gasteiger partial charge in [0.2, 0.25) is 5.91 Å². The number of nitrogens with zero attached hydrogens (tertiary/aromatic N) is 3. The molecule has 0 radical (unpaired) electrons. The Morgan fingerprint density at radius 1 is 1.09 bits per heavy atom. The molecule has 2 aromatic carbocycles. The van der Waals surface area contributed by atoms with E-state index >= 15 is 0 Å². The molecule has 3 atom stereocenters. The van der Waals surface area contributed by atoms with E-state index in [9.17, 15) is 9.59 Å². The molecular weight excluding hydrogens is 436 g/mol. The number of hydrogen-bond donors (Lipinski definition) is 3. The number of urea groups is 1. The molecule has 3 amide bonds. The van der Waals surface area contributed by atoms with Crippen LogP contribution in [0.2, 0.25) is 0 Å². The molecular formula is C24H28N6O4. The lowest BCUT2D eigenvalue weighted by molar-refractivity contribution is -0.117. The van der Waals surface area contributed by atoms with Gasteiger partial charge in [-0.3, -0.25) is 9.69 Å². The Hall–Kier alpha value is -3.76. The topological polar surface area (TPSA) is 98.4 Å². The van der Waals surface area contributed by atoms with Crippen molar-refractivity contribution in [1.82, 2.24) is 25.8 Å². The summed E-state index contributed by atoms with van der Waals surface area (Å²) < 4.78 is 10.6. The normalized spacial score (nSPS) is 23.1. The van der Waals surface area contributed by atoms with Crippen LogP contribution in [0.1, 0.15) is 23.6 Å². The molecule has 2 saturated heterocycles. The maximum absolute atomic E-state index is 13.0. The first-order valence-corrected chi connectivity index (χ1v) is 11.1. The zero-order valence-corrected chi connectivity index (χ0v) is 19.3. The Labute approximate surface area is 198 Å². The molecule has 3 N–H and O–H groups in total. The summed E-state index contributed by atoms with van der Waals surface area (Å²) >= 11 is 0. The van der Waals surface area contributed by atoms with Gasteiger partial charge in [-0.2, -0.15) is 0 Å². The molecule has 3 heterocycles. The number of ether oxygens (including phenoxy) is 2. The number of hydrazine groups is 2. The van der Waals surface area contributed by atoms with Crippen LogP contribution in [0, 0.1) is 6.92 Å². The van der Waals surface area contributed by atoms with Crippen molar-refractivity contribution in [2.75, 3.05) is 26.1 Å². The van der Waals surface area contributed by atoms with Crippen molar-refractivity contribution >= 4 is 17.6 Å². The molecule has 3 aliphatic rings. The van der Waals surface area contributed by atoms with E-state index in [0.29, 0.717) is 11.4 Å². The Morgan fingerprint density at radius 3 is 2.62 bits per heavy atom. The molecule has 0 saturated carbocycles. The first-order chi connectivity index (χ1) is 16.5. The lowest BCUT2D eigenvalue weighted by Crippen LogP contribution is -2.54. The van der Waals surface area contributed by atoms with Gasteiger partial charge in [-0.05, 0) is 48.7 Å². The second kappa shape index (κ2) is 8.88. The fourth-order valence-electron chi connectivity index (χ4n) is 4.64. The van der Waals surface area contributed by atoms with Gasteiger partial charge >= 0.3 is 6.03 Å². The van der Waals surface area contributed by atoms with E-state index in [0.717, 1.165) is 23.3 Å². The average molecular weight is 465 g/mol. The van der Waals surface area contributed by atoms with E-state index < -0.39 is 0 Å². The minimum atomic E-state index is -0.314. The number of aryl methyl sites for hydroxylation is 1. The highest BCUT2D eigenvalue weighted by Crippen LogP contribution is 2.35. The summed E-state index contributed by atoms with van der Waals surface area (Å²) in [4.78, 5) is 27.4. The molecule has 2 fully saturated rings. The number of carbonyl (C=O) groups excluding carboxylic acids is 2. The lowest BCUT2D eigenvalue weighted by Gasteiger charge is -2.34. The predicted octanol–water partition coefficient (Wildman–Crippen LogP) is 2.32. The van der Waals surface area contributed by atoms with E-state index in [1.165, 1.54) is 5.01 Å². The molecule has 178 valence electrons. The molecule has 2 aromatic rings. The quantitative estimate of drug-likeness (QED) is 0.604. The molecule has 3 unspecified atom stereocenters. The highest BCUT2D eigenvalue weighted by Gasteiger charge is 2.48. The van der Waals surface area contributed by atoms with E-state index in [1.807, 2.05) is 54.5 Å². The molecule has 0 aliphatic carbocycles. The summed E-state index contributed by atoms with van der Waals surface area (Å²) in [7, 11) is 3.20. The van der Waals surface area contributed by atoms with Crippen molar-refractivity contribution in [2.45, 2.75) is 31.6 Å². The number of fused-ring (bicyclic) bond motifs is 3.